The fraction of sp³-hybridized carbons (Fsp3) is 0.417. The van der Waals surface area contributed by atoms with Crippen LogP contribution in [0.5, 0.6) is 11.5 Å². The van der Waals surface area contributed by atoms with Gasteiger partial charge in [0.1, 0.15) is 6.61 Å². The summed E-state index contributed by atoms with van der Waals surface area (Å²) in [5.41, 5.74) is 0.566. The van der Waals surface area contributed by atoms with Crippen LogP contribution in [0.4, 0.5) is 0 Å². The highest BCUT2D eigenvalue weighted by Gasteiger charge is 2.05. The van der Waals surface area contributed by atoms with E-state index >= 15 is 0 Å². The first-order valence-electron chi connectivity index (χ1n) is 5.03. The number of benzene rings is 1. The molecule has 0 fully saturated rings. The first-order valence-corrected chi connectivity index (χ1v) is 5.03. The van der Waals surface area contributed by atoms with E-state index in [4.69, 9.17) is 14.7 Å². The molecule has 0 saturated heterocycles. The quantitative estimate of drug-likeness (QED) is 0.754. The Kier molecular flexibility index (Phi) is 4.62. The van der Waals surface area contributed by atoms with Crippen LogP contribution in [0.3, 0.4) is 0 Å². The minimum atomic E-state index is 0.566. The van der Waals surface area contributed by atoms with Gasteiger partial charge in [0.15, 0.2) is 11.5 Å². The van der Waals surface area contributed by atoms with Gasteiger partial charge >= 0.3 is 0 Å². The average Bonchev–Trinajstić information content (AvgIpc) is 2.29. The van der Waals surface area contributed by atoms with Crippen molar-refractivity contribution >= 4 is 0 Å². The Morgan fingerprint density at radius 1 is 1.31 bits per heavy atom. The fourth-order valence-electron chi connectivity index (χ4n) is 1.19. The molecule has 0 N–H and O–H groups in total. The maximum absolute atomic E-state index is 8.74. The maximum Gasteiger partial charge on any atom is 0.162 e. The smallest absolute Gasteiger partial charge is 0.162 e. The van der Waals surface area contributed by atoms with E-state index in [1.807, 2.05) is 19.0 Å². The lowest BCUT2D eigenvalue weighted by molar-refractivity contribution is 0.250. The van der Waals surface area contributed by atoms with Crippen LogP contribution in [0.25, 0.3) is 0 Å². The normalized spacial score (nSPS) is 9.94. The molecular formula is C12H16N2O2. The second-order valence-corrected chi connectivity index (χ2v) is 3.63. The van der Waals surface area contributed by atoms with E-state index in [2.05, 4.69) is 6.07 Å². The van der Waals surface area contributed by atoms with Gasteiger partial charge in [-0.15, -0.1) is 0 Å². The lowest BCUT2D eigenvalue weighted by Gasteiger charge is -2.13. The highest BCUT2D eigenvalue weighted by atomic mass is 16.5. The molecule has 0 amide bonds. The van der Waals surface area contributed by atoms with Gasteiger partial charge in [-0.3, -0.25) is 0 Å². The van der Waals surface area contributed by atoms with Crippen molar-refractivity contribution in [3.63, 3.8) is 0 Å². The lowest BCUT2D eigenvalue weighted by Crippen LogP contribution is -2.19. The highest BCUT2D eigenvalue weighted by molar-refractivity contribution is 5.46. The van der Waals surface area contributed by atoms with Crippen molar-refractivity contribution in [2.24, 2.45) is 0 Å². The predicted molar refractivity (Wildman–Crippen MR) is 61.8 cm³/mol. The summed E-state index contributed by atoms with van der Waals surface area (Å²) in [4.78, 5) is 2.04. The average molecular weight is 220 g/mol. The topological polar surface area (TPSA) is 45.5 Å². The number of hydrogen-bond acceptors (Lipinski definition) is 4. The lowest BCUT2D eigenvalue weighted by atomic mass is 10.2. The second kappa shape index (κ2) is 5.99. The van der Waals surface area contributed by atoms with Gasteiger partial charge in [-0.25, -0.2) is 0 Å². The second-order valence-electron chi connectivity index (χ2n) is 3.63. The first kappa shape index (κ1) is 12.3. The van der Waals surface area contributed by atoms with Crippen molar-refractivity contribution in [2.45, 2.75) is 0 Å². The van der Waals surface area contributed by atoms with Crippen molar-refractivity contribution in [1.29, 1.82) is 5.26 Å². The monoisotopic (exact) mass is 220 g/mol. The number of methoxy groups -OCH3 is 1. The van der Waals surface area contributed by atoms with Crippen molar-refractivity contribution < 1.29 is 9.47 Å². The Balaban J connectivity index is 2.69. The van der Waals surface area contributed by atoms with Gasteiger partial charge in [0.25, 0.3) is 0 Å². The van der Waals surface area contributed by atoms with Gasteiger partial charge in [0.2, 0.25) is 0 Å². The summed E-state index contributed by atoms with van der Waals surface area (Å²) in [5, 5.41) is 8.74. The van der Waals surface area contributed by atoms with Gasteiger partial charge in [0.05, 0.1) is 18.7 Å². The van der Waals surface area contributed by atoms with Crippen molar-refractivity contribution in [3.8, 4) is 17.6 Å². The van der Waals surface area contributed by atoms with Crippen LogP contribution in [0.1, 0.15) is 5.56 Å². The molecule has 1 aromatic carbocycles. The molecule has 0 aliphatic carbocycles. The zero-order chi connectivity index (χ0) is 12.0. The Labute approximate surface area is 96.0 Å². The zero-order valence-electron chi connectivity index (χ0n) is 9.86. The molecule has 0 atom stereocenters. The van der Waals surface area contributed by atoms with E-state index in [1.54, 1.807) is 25.3 Å². The SMILES string of the molecule is COc1cc(C#N)ccc1OCCN(C)C. The van der Waals surface area contributed by atoms with E-state index < -0.39 is 0 Å². The molecule has 0 unspecified atom stereocenters. The van der Waals surface area contributed by atoms with Crippen LogP contribution in [0, 0.1) is 11.3 Å². The van der Waals surface area contributed by atoms with E-state index in [0.29, 0.717) is 23.7 Å². The first-order chi connectivity index (χ1) is 7.67. The van der Waals surface area contributed by atoms with Crippen molar-refractivity contribution in [1.82, 2.24) is 4.90 Å². The molecule has 4 heteroatoms. The van der Waals surface area contributed by atoms with E-state index in [-0.39, 0.29) is 0 Å². The van der Waals surface area contributed by atoms with Crippen LogP contribution in [-0.4, -0.2) is 39.3 Å². The predicted octanol–water partition coefficient (Wildman–Crippen LogP) is 1.51. The van der Waals surface area contributed by atoms with Crippen LogP contribution in [0.2, 0.25) is 0 Å². The Morgan fingerprint density at radius 3 is 2.62 bits per heavy atom. The number of hydrogen-bond donors (Lipinski definition) is 0. The van der Waals surface area contributed by atoms with Gasteiger partial charge in [-0.05, 0) is 26.2 Å². The van der Waals surface area contributed by atoms with Gasteiger partial charge in [-0.1, -0.05) is 0 Å². The summed E-state index contributed by atoms with van der Waals surface area (Å²) in [6, 6.07) is 7.20. The molecule has 4 nitrogen and oxygen atoms in total. The molecule has 0 spiro atoms. The molecule has 16 heavy (non-hydrogen) atoms. The largest absolute Gasteiger partial charge is 0.493 e. The van der Waals surface area contributed by atoms with Crippen LogP contribution < -0.4 is 9.47 Å². The van der Waals surface area contributed by atoms with E-state index in [0.717, 1.165) is 6.54 Å². The highest BCUT2D eigenvalue weighted by Crippen LogP contribution is 2.27. The molecule has 0 radical (unpaired) electrons. The molecule has 0 aliphatic heterocycles. The van der Waals surface area contributed by atoms with E-state index in [1.165, 1.54) is 0 Å². The summed E-state index contributed by atoms with van der Waals surface area (Å²) in [6.45, 7) is 1.43. The molecule has 1 aromatic rings. The van der Waals surface area contributed by atoms with Gasteiger partial charge in [0, 0.05) is 12.6 Å². The standard InChI is InChI=1S/C12H16N2O2/c1-14(2)6-7-16-11-5-4-10(9-13)8-12(11)15-3/h4-5,8H,6-7H2,1-3H3. The van der Waals surface area contributed by atoms with Gasteiger partial charge in [-0.2, -0.15) is 5.26 Å². The van der Waals surface area contributed by atoms with Crippen molar-refractivity contribution in [2.75, 3.05) is 34.4 Å². The summed E-state index contributed by atoms with van der Waals surface area (Å²) in [7, 11) is 5.54. The molecule has 86 valence electrons. The third-order valence-electron chi connectivity index (χ3n) is 2.09. The number of ether oxygens (including phenoxy) is 2. The van der Waals surface area contributed by atoms with E-state index in [9.17, 15) is 0 Å². The van der Waals surface area contributed by atoms with Gasteiger partial charge < -0.3 is 14.4 Å². The van der Waals surface area contributed by atoms with Crippen LogP contribution >= 0.6 is 0 Å². The molecule has 0 aromatic heterocycles. The molecule has 0 heterocycles. The molecular weight excluding hydrogens is 204 g/mol. The Hall–Kier alpha value is -1.73. The summed E-state index contributed by atoms with van der Waals surface area (Å²) >= 11 is 0. The fourth-order valence-corrected chi connectivity index (χ4v) is 1.19. The molecule has 1 rings (SSSR count). The Bertz CT molecular complexity index is 383. The molecule has 0 aliphatic rings. The zero-order valence-corrected chi connectivity index (χ0v) is 9.86. The summed E-state index contributed by atoms with van der Waals surface area (Å²) in [6.07, 6.45) is 0. The van der Waals surface area contributed by atoms with Crippen LogP contribution in [0.15, 0.2) is 18.2 Å². The summed E-state index contributed by atoms with van der Waals surface area (Å²) in [5.74, 6) is 1.26. The number of rotatable bonds is 5. The number of nitriles is 1. The van der Waals surface area contributed by atoms with Crippen LogP contribution in [-0.2, 0) is 0 Å². The maximum atomic E-state index is 8.74. The molecule has 0 bridgehead atoms. The number of likely N-dealkylation sites (N-methyl/N-ethyl adjacent to an activating group) is 1. The number of nitrogens with zero attached hydrogens (tertiary/aromatic N) is 2. The van der Waals surface area contributed by atoms with Crippen molar-refractivity contribution in [3.05, 3.63) is 23.8 Å². The minimum Gasteiger partial charge on any atom is -0.493 e. The Morgan fingerprint density at radius 2 is 2.06 bits per heavy atom. The third kappa shape index (κ3) is 3.44. The summed E-state index contributed by atoms with van der Waals surface area (Å²) < 4.78 is 10.7. The minimum absolute atomic E-state index is 0.566. The third-order valence-corrected chi connectivity index (χ3v) is 2.09. The molecule has 0 saturated carbocycles.